The van der Waals surface area contributed by atoms with Crippen LogP contribution in [0.25, 0.3) is 0 Å². The number of ether oxygens (including phenoxy) is 2. The summed E-state index contributed by atoms with van der Waals surface area (Å²) in [7, 11) is -0.929. The Morgan fingerprint density at radius 2 is 1.59 bits per heavy atom. The van der Waals surface area contributed by atoms with Gasteiger partial charge in [0.2, 0.25) is 21.8 Å². The number of carbonyl (C=O) groups excluding carboxylic acids is 2. The molecule has 2 aromatic carbocycles. The first-order chi connectivity index (χ1) is 17.4. The van der Waals surface area contributed by atoms with E-state index in [-0.39, 0.29) is 24.2 Å². The minimum absolute atomic E-state index is 0.0582. The Kier molecular flexibility index (Phi) is 10.8. The Hall–Kier alpha value is -3.27. The number of carbonyl (C=O) groups is 2. The standard InChI is InChI=1S/C27H39N3O6S/c1-8-20(4)28-27(32)23(9-2)29(17-21-12-10-19(3)11-13-21)26(31)18-30(37(7,33)34)22-14-15-24(35-5)25(16-22)36-6/h10-16,20,23H,8-9,17-18H2,1-7H3,(H,28,32)/t20-,23+/m0/s1. The Balaban J connectivity index is 2.48. The highest BCUT2D eigenvalue weighted by atomic mass is 32.2. The van der Waals surface area contributed by atoms with Crippen LogP contribution in [0.2, 0.25) is 0 Å². The molecule has 0 fully saturated rings. The zero-order valence-electron chi connectivity index (χ0n) is 22.8. The van der Waals surface area contributed by atoms with Crippen LogP contribution < -0.4 is 19.1 Å². The molecule has 0 spiro atoms. The van der Waals surface area contributed by atoms with Crippen LogP contribution in [-0.4, -0.2) is 64.2 Å². The summed E-state index contributed by atoms with van der Waals surface area (Å²) in [6.07, 6.45) is 2.15. The van der Waals surface area contributed by atoms with E-state index in [1.165, 1.54) is 25.2 Å². The number of sulfonamides is 1. The van der Waals surface area contributed by atoms with E-state index < -0.39 is 28.5 Å². The monoisotopic (exact) mass is 533 g/mol. The number of benzene rings is 2. The van der Waals surface area contributed by atoms with E-state index in [2.05, 4.69) is 5.32 Å². The second-order valence-corrected chi connectivity index (χ2v) is 11.0. The largest absolute Gasteiger partial charge is 0.493 e. The van der Waals surface area contributed by atoms with Crippen LogP contribution in [-0.2, 0) is 26.2 Å². The second-order valence-electron chi connectivity index (χ2n) is 9.06. The molecule has 0 aliphatic rings. The molecule has 2 rings (SSSR count). The van der Waals surface area contributed by atoms with Gasteiger partial charge in [0.1, 0.15) is 12.6 Å². The zero-order valence-corrected chi connectivity index (χ0v) is 23.6. The van der Waals surface area contributed by atoms with E-state index >= 15 is 0 Å². The van der Waals surface area contributed by atoms with Gasteiger partial charge in [-0.25, -0.2) is 8.42 Å². The maximum Gasteiger partial charge on any atom is 0.244 e. The molecule has 0 radical (unpaired) electrons. The van der Waals surface area contributed by atoms with Crippen LogP contribution in [0, 0.1) is 6.92 Å². The maximum absolute atomic E-state index is 13.8. The lowest BCUT2D eigenvalue weighted by Crippen LogP contribution is -2.53. The smallest absolute Gasteiger partial charge is 0.244 e. The van der Waals surface area contributed by atoms with E-state index in [0.29, 0.717) is 17.9 Å². The van der Waals surface area contributed by atoms with Crippen molar-refractivity contribution >= 4 is 27.5 Å². The summed E-state index contributed by atoms with van der Waals surface area (Å²) in [6.45, 7) is 7.35. The van der Waals surface area contributed by atoms with Gasteiger partial charge in [0, 0.05) is 18.7 Å². The van der Waals surface area contributed by atoms with Gasteiger partial charge in [-0.15, -0.1) is 0 Å². The first-order valence-electron chi connectivity index (χ1n) is 12.3. The SMILES string of the molecule is CC[C@H](C(=O)N[C@@H](C)CC)N(Cc1ccc(C)cc1)C(=O)CN(c1ccc(OC)c(OC)c1)S(C)(=O)=O. The molecule has 2 amide bonds. The highest BCUT2D eigenvalue weighted by Gasteiger charge is 2.32. The Morgan fingerprint density at radius 3 is 2.11 bits per heavy atom. The summed E-state index contributed by atoms with van der Waals surface area (Å²) in [5.41, 5.74) is 2.16. The van der Waals surface area contributed by atoms with Gasteiger partial charge in [-0.05, 0) is 44.4 Å². The van der Waals surface area contributed by atoms with Crippen molar-refractivity contribution in [2.45, 2.75) is 59.2 Å². The predicted molar refractivity (Wildman–Crippen MR) is 145 cm³/mol. The van der Waals surface area contributed by atoms with Crippen molar-refractivity contribution in [1.29, 1.82) is 0 Å². The van der Waals surface area contributed by atoms with Gasteiger partial charge >= 0.3 is 0 Å². The molecule has 1 N–H and O–H groups in total. The maximum atomic E-state index is 13.8. The highest BCUT2D eigenvalue weighted by Crippen LogP contribution is 2.32. The topological polar surface area (TPSA) is 105 Å². The number of amides is 2. The third-order valence-electron chi connectivity index (χ3n) is 6.19. The van der Waals surface area contributed by atoms with Crippen molar-refractivity contribution in [3.63, 3.8) is 0 Å². The quantitative estimate of drug-likeness (QED) is 0.423. The molecule has 0 aliphatic carbocycles. The van der Waals surface area contributed by atoms with Crippen LogP contribution >= 0.6 is 0 Å². The minimum atomic E-state index is -3.86. The molecular weight excluding hydrogens is 494 g/mol. The molecule has 0 unspecified atom stereocenters. The number of rotatable bonds is 13. The number of anilines is 1. The summed E-state index contributed by atoms with van der Waals surface area (Å²) >= 11 is 0. The molecule has 0 saturated heterocycles. The summed E-state index contributed by atoms with van der Waals surface area (Å²) in [6, 6.07) is 11.5. The fourth-order valence-corrected chi connectivity index (χ4v) is 4.69. The lowest BCUT2D eigenvalue weighted by atomic mass is 10.1. The summed E-state index contributed by atoms with van der Waals surface area (Å²) < 4.78 is 37.2. The third-order valence-corrected chi connectivity index (χ3v) is 7.34. The summed E-state index contributed by atoms with van der Waals surface area (Å²) in [5.74, 6) is -0.00182. The molecule has 0 saturated carbocycles. The van der Waals surface area contributed by atoms with Crippen molar-refractivity contribution in [3.8, 4) is 11.5 Å². The molecule has 0 bridgehead atoms. The van der Waals surface area contributed by atoms with E-state index in [1.54, 1.807) is 12.1 Å². The summed E-state index contributed by atoms with van der Waals surface area (Å²) in [5, 5.41) is 2.96. The van der Waals surface area contributed by atoms with Crippen molar-refractivity contribution in [1.82, 2.24) is 10.2 Å². The van der Waals surface area contributed by atoms with Gasteiger partial charge < -0.3 is 19.7 Å². The Morgan fingerprint density at radius 1 is 0.973 bits per heavy atom. The van der Waals surface area contributed by atoms with Gasteiger partial charge in [0.05, 0.1) is 26.2 Å². The number of nitrogens with one attached hydrogen (secondary N) is 1. The van der Waals surface area contributed by atoms with Crippen LogP contribution in [0.3, 0.4) is 0 Å². The van der Waals surface area contributed by atoms with Gasteiger partial charge in [0.25, 0.3) is 0 Å². The van der Waals surface area contributed by atoms with Gasteiger partial charge in [0.15, 0.2) is 11.5 Å². The molecule has 10 heteroatoms. The molecule has 204 valence electrons. The lowest BCUT2D eigenvalue weighted by Gasteiger charge is -2.33. The van der Waals surface area contributed by atoms with Crippen LogP contribution in [0.1, 0.15) is 44.7 Å². The average molecular weight is 534 g/mol. The molecule has 2 atom stereocenters. The number of aryl methyl sites for hydroxylation is 1. The average Bonchev–Trinajstić information content (AvgIpc) is 2.86. The molecule has 0 aromatic heterocycles. The molecular formula is C27H39N3O6S. The van der Waals surface area contributed by atoms with Gasteiger partial charge in [-0.2, -0.15) is 0 Å². The summed E-state index contributed by atoms with van der Waals surface area (Å²) in [4.78, 5) is 28.4. The second kappa shape index (κ2) is 13.3. The highest BCUT2D eigenvalue weighted by molar-refractivity contribution is 7.92. The fraction of sp³-hybridized carbons (Fsp3) is 0.481. The predicted octanol–water partition coefficient (Wildman–Crippen LogP) is 3.50. The number of hydrogen-bond acceptors (Lipinski definition) is 6. The zero-order chi connectivity index (χ0) is 27.8. The first-order valence-corrected chi connectivity index (χ1v) is 14.1. The van der Waals surface area contributed by atoms with Crippen molar-refractivity contribution in [3.05, 3.63) is 53.6 Å². The number of hydrogen-bond donors (Lipinski definition) is 1. The van der Waals surface area contributed by atoms with E-state index in [4.69, 9.17) is 9.47 Å². The normalized spacial score (nSPS) is 12.8. The minimum Gasteiger partial charge on any atom is -0.493 e. The molecule has 9 nitrogen and oxygen atoms in total. The lowest BCUT2D eigenvalue weighted by molar-refractivity contribution is -0.140. The fourth-order valence-electron chi connectivity index (χ4n) is 3.84. The molecule has 37 heavy (non-hydrogen) atoms. The molecule has 0 aliphatic heterocycles. The first kappa shape index (κ1) is 30.0. The molecule has 2 aromatic rings. The third kappa shape index (κ3) is 8.11. The van der Waals surface area contributed by atoms with Gasteiger partial charge in [-0.3, -0.25) is 13.9 Å². The van der Waals surface area contributed by atoms with E-state index in [0.717, 1.165) is 28.1 Å². The van der Waals surface area contributed by atoms with Crippen molar-refractivity contribution in [2.75, 3.05) is 31.3 Å². The number of nitrogens with zero attached hydrogens (tertiary/aromatic N) is 2. The Bertz CT molecular complexity index is 1170. The Labute approximate surface area is 220 Å². The van der Waals surface area contributed by atoms with Crippen molar-refractivity contribution < 1.29 is 27.5 Å². The van der Waals surface area contributed by atoms with Crippen LogP contribution in [0.5, 0.6) is 11.5 Å². The van der Waals surface area contributed by atoms with E-state index in [9.17, 15) is 18.0 Å². The van der Waals surface area contributed by atoms with Crippen LogP contribution in [0.15, 0.2) is 42.5 Å². The van der Waals surface area contributed by atoms with Gasteiger partial charge in [-0.1, -0.05) is 43.7 Å². The van der Waals surface area contributed by atoms with Crippen LogP contribution in [0.4, 0.5) is 5.69 Å². The molecule has 0 heterocycles. The van der Waals surface area contributed by atoms with Crippen molar-refractivity contribution in [2.24, 2.45) is 0 Å². The number of methoxy groups -OCH3 is 2. The van der Waals surface area contributed by atoms with E-state index in [1.807, 2.05) is 52.0 Å².